The van der Waals surface area contributed by atoms with Gasteiger partial charge in [-0.25, -0.2) is 12.7 Å². The van der Waals surface area contributed by atoms with E-state index in [0.717, 1.165) is 4.31 Å². The summed E-state index contributed by atoms with van der Waals surface area (Å²) in [7, 11) is 0.705. The molecule has 0 aliphatic rings. The summed E-state index contributed by atoms with van der Waals surface area (Å²) in [6.45, 7) is 0.246. The van der Waals surface area contributed by atoms with E-state index in [0.29, 0.717) is 0 Å². The molecule has 0 spiro atoms. The molecule has 0 N–H and O–H groups in total. The lowest BCUT2D eigenvalue weighted by Crippen LogP contribution is -2.28. The number of hydrogen-bond acceptors (Lipinski definition) is 4. The maximum absolute atomic E-state index is 12.2. The van der Waals surface area contributed by atoms with Gasteiger partial charge in [-0.3, -0.25) is 4.79 Å². The lowest BCUT2D eigenvalue weighted by Gasteiger charge is -2.18. The molecule has 0 aliphatic heterocycles. The molecule has 1 rings (SSSR count). The number of sulfonamides is 1. The summed E-state index contributed by atoms with van der Waals surface area (Å²) >= 11 is 5.98. The van der Waals surface area contributed by atoms with Crippen molar-refractivity contribution in [3.05, 3.63) is 28.8 Å². The first-order valence-corrected chi connectivity index (χ1v) is 7.88. The Morgan fingerprint density at radius 3 is 2.48 bits per heavy atom. The standard InChI is InChI=1S/C13H16ClN3O3S/c1-16(2)21(19,20)10-5-6-12(14)11(9-10)13(18)17(3)8-4-7-15/h5-6,9H,4,8H2,1-3H3. The number of carbonyl (C=O) groups excluding carboxylic acids is 1. The van der Waals surface area contributed by atoms with Gasteiger partial charge in [-0.15, -0.1) is 0 Å². The molecule has 0 fully saturated rings. The molecular formula is C13H16ClN3O3S. The fourth-order valence-electron chi connectivity index (χ4n) is 1.56. The Bertz CT molecular complexity index is 680. The average Bonchev–Trinajstić information content (AvgIpc) is 2.44. The third-order valence-corrected chi connectivity index (χ3v) is 4.99. The van der Waals surface area contributed by atoms with E-state index in [2.05, 4.69) is 0 Å². The van der Waals surface area contributed by atoms with Crippen molar-refractivity contribution in [3.8, 4) is 6.07 Å². The summed E-state index contributed by atoms with van der Waals surface area (Å²) in [5, 5.41) is 8.70. The fourth-order valence-corrected chi connectivity index (χ4v) is 2.69. The zero-order valence-electron chi connectivity index (χ0n) is 12.0. The van der Waals surface area contributed by atoms with Crippen LogP contribution in [0.15, 0.2) is 23.1 Å². The van der Waals surface area contributed by atoms with Crippen molar-refractivity contribution in [2.45, 2.75) is 11.3 Å². The molecule has 1 aromatic carbocycles. The molecule has 1 aromatic rings. The molecule has 6 nitrogen and oxygen atoms in total. The van der Waals surface area contributed by atoms with Gasteiger partial charge >= 0.3 is 0 Å². The van der Waals surface area contributed by atoms with E-state index < -0.39 is 15.9 Å². The number of hydrogen-bond donors (Lipinski definition) is 0. The number of nitriles is 1. The van der Waals surface area contributed by atoms with E-state index in [4.69, 9.17) is 16.9 Å². The Labute approximate surface area is 129 Å². The highest BCUT2D eigenvalue weighted by Gasteiger charge is 2.22. The lowest BCUT2D eigenvalue weighted by molar-refractivity contribution is 0.0798. The van der Waals surface area contributed by atoms with Gasteiger partial charge in [0.25, 0.3) is 5.91 Å². The Morgan fingerprint density at radius 1 is 1.33 bits per heavy atom. The van der Waals surface area contributed by atoms with Gasteiger partial charge in [0.1, 0.15) is 0 Å². The average molecular weight is 330 g/mol. The summed E-state index contributed by atoms with van der Waals surface area (Å²) < 4.78 is 25.2. The highest BCUT2D eigenvalue weighted by Crippen LogP contribution is 2.23. The van der Waals surface area contributed by atoms with Crippen LogP contribution in [-0.4, -0.2) is 51.2 Å². The van der Waals surface area contributed by atoms with Crippen LogP contribution >= 0.6 is 11.6 Å². The van der Waals surface area contributed by atoms with Crippen LogP contribution < -0.4 is 0 Å². The van der Waals surface area contributed by atoms with Crippen molar-refractivity contribution >= 4 is 27.5 Å². The van der Waals surface area contributed by atoms with E-state index in [-0.39, 0.29) is 28.4 Å². The third-order valence-electron chi connectivity index (χ3n) is 2.85. The van der Waals surface area contributed by atoms with Gasteiger partial charge in [0.05, 0.1) is 28.0 Å². The highest BCUT2D eigenvalue weighted by molar-refractivity contribution is 7.89. The number of benzene rings is 1. The summed E-state index contributed by atoms with van der Waals surface area (Å²) in [6.07, 6.45) is 0.190. The van der Waals surface area contributed by atoms with Crippen molar-refractivity contribution in [3.63, 3.8) is 0 Å². The molecule has 0 aromatic heterocycles. The molecule has 0 aliphatic carbocycles. The summed E-state index contributed by atoms with van der Waals surface area (Å²) in [4.78, 5) is 13.6. The van der Waals surface area contributed by atoms with E-state index in [1.165, 1.54) is 44.2 Å². The van der Waals surface area contributed by atoms with E-state index >= 15 is 0 Å². The van der Waals surface area contributed by atoms with Crippen molar-refractivity contribution in [2.24, 2.45) is 0 Å². The van der Waals surface area contributed by atoms with Crippen LogP contribution in [0.3, 0.4) is 0 Å². The second-order valence-electron chi connectivity index (χ2n) is 4.56. The van der Waals surface area contributed by atoms with Crippen LogP contribution in [0.2, 0.25) is 5.02 Å². The minimum absolute atomic E-state index is 0.00562. The summed E-state index contributed by atoms with van der Waals surface area (Å²) in [5.74, 6) is -0.425. The Kier molecular flexibility index (Phi) is 5.72. The lowest BCUT2D eigenvalue weighted by atomic mass is 10.2. The zero-order valence-corrected chi connectivity index (χ0v) is 13.6. The van der Waals surface area contributed by atoms with Gasteiger partial charge < -0.3 is 4.90 Å². The molecule has 21 heavy (non-hydrogen) atoms. The minimum Gasteiger partial charge on any atom is -0.341 e. The molecule has 0 unspecified atom stereocenters. The van der Waals surface area contributed by atoms with Crippen LogP contribution in [0, 0.1) is 11.3 Å². The smallest absolute Gasteiger partial charge is 0.255 e. The monoisotopic (exact) mass is 329 g/mol. The van der Waals surface area contributed by atoms with Crippen molar-refractivity contribution in [1.82, 2.24) is 9.21 Å². The first kappa shape index (κ1) is 17.4. The predicted molar refractivity (Wildman–Crippen MR) is 79.5 cm³/mol. The Morgan fingerprint density at radius 2 is 1.95 bits per heavy atom. The molecule has 0 radical (unpaired) electrons. The molecule has 0 heterocycles. The van der Waals surface area contributed by atoms with Crippen LogP contribution in [0.4, 0.5) is 0 Å². The molecule has 0 atom stereocenters. The number of halogens is 1. The van der Waals surface area contributed by atoms with Gasteiger partial charge in [-0.2, -0.15) is 5.26 Å². The van der Waals surface area contributed by atoms with Gasteiger partial charge in [0, 0.05) is 27.7 Å². The second kappa shape index (κ2) is 6.89. The molecule has 114 valence electrons. The van der Waals surface area contributed by atoms with Gasteiger partial charge in [0.15, 0.2) is 0 Å². The molecule has 1 amide bonds. The molecule has 0 bridgehead atoms. The number of nitrogens with zero attached hydrogens (tertiary/aromatic N) is 3. The molecule has 0 saturated heterocycles. The van der Waals surface area contributed by atoms with Gasteiger partial charge in [-0.05, 0) is 18.2 Å². The van der Waals surface area contributed by atoms with Crippen molar-refractivity contribution in [2.75, 3.05) is 27.7 Å². The maximum Gasteiger partial charge on any atom is 0.255 e. The van der Waals surface area contributed by atoms with E-state index in [1.54, 1.807) is 0 Å². The largest absolute Gasteiger partial charge is 0.341 e. The molecule has 8 heteroatoms. The first-order chi connectivity index (χ1) is 9.71. The van der Waals surface area contributed by atoms with Crippen molar-refractivity contribution < 1.29 is 13.2 Å². The number of amides is 1. The topological polar surface area (TPSA) is 81.5 Å². The van der Waals surface area contributed by atoms with Crippen LogP contribution in [0.25, 0.3) is 0 Å². The zero-order chi connectivity index (χ0) is 16.2. The highest BCUT2D eigenvalue weighted by atomic mass is 35.5. The first-order valence-electron chi connectivity index (χ1n) is 6.06. The fraction of sp³-hybridized carbons (Fsp3) is 0.385. The number of rotatable bonds is 5. The van der Waals surface area contributed by atoms with Crippen LogP contribution in [0.5, 0.6) is 0 Å². The van der Waals surface area contributed by atoms with E-state index in [9.17, 15) is 13.2 Å². The second-order valence-corrected chi connectivity index (χ2v) is 7.12. The predicted octanol–water partition coefficient (Wildman–Crippen LogP) is 1.58. The number of carbonyl (C=O) groups is 1. The normalized spacial score (nSPS) is 11.2. The SMILES string of the molecule is CN(CCC#N)C(=O)c1cc(S(=O)(=O)N(C)C)ccc1Cl. The minimum atomic E-state index is -3.64. The summed E-state index contributed by atoms with van der Waals surface area (Å²) in [5.41, 5.74) is 0.0973. The maximum atomic E-state index is 12.2. The Hall–Kier alpha value is -1.62. The van der Waals surface area contributed by atoms with Crippen molar-refractivity contribution in [1.29, 1.82) is 5.26 Å². The Balaban J connectivity index is 3.21. The molecule has 0 saturated carbocycles. The van der Waals surface area contributed by atoms with E-state index in [1.807, 2.05) is 6.07 Å². The van der Waals surface area contributed by atoms with Crippen LogP contribution in [-0.2, 0) is 10.0 Å². The quantitative estimate of drug-likeness (QED) is 0.821. The summed E-state index contributed by atoms with van der Waals surface area (Å²) in [6, 6.07) is 5.92. The van der Waals surface area contributed by atoms with Gasteiger partial charge in [0.2, 0.25) is 10.0 Å². The third kappa shape index (κ3) is 3.94. The molecular weight excluding hydrogens is 314 g/mol. The van der Waals surface area contributed by atoms with Crippen LogP contribution in [0.1, 0.15) is 16.8 Å². The van der Waals surface area contributed by atoms with Gasteiger partial charge in [-0.1, -0.05) is 11.6 Å².